The fourth-order valence-corrected chi connectivity index (χ4v) is 3.97. The Morgan fingerprint density at radius 3 is 2.63 bits per heavy atom. The third-order valence-electron chi connectivity index (χ3n) is 5.36. The number of aromatic nitrogens is 1. The number of piperidine rings is 1. The molecule has 4 rings (SSSR count). The van der Waals surface area contributed by atoms with Crippen molar-refractivity contribution in [1.82, 2.24) is 15.2 Å². The molecule has 0 saturated carbocycles. The van der Waals surface area contributed by atoms with Gasteiger partial charge in [0.15, 0.2) is 5.79 Å². The fourth-order valence-electron chi connectivity index (χ4n) is 3.97. The second kappa shape index (κ2) is 7.21. The molecule has 27 heavy (non-hydrogen) atoms. The number of hydrogen-bond donors (Lipinski definition) is 3. The molecule has 2 fully saturated rings. The summed E-state index contributed by atoms with van der Waals surface area (Å²) in [4.78, 5) is 29.5. The highest BCUT2D eigenvalue weighted by Crippen LogP contribution is 2.31. The highest BCUT2D eigenvalue weighted by Gasteiger charge is 2.41. The first-order valence-corrected chi connectivity index (χ1v) is 9.24. The van der Waals surface area contributed by atoms with Crippen molar-refractivity contribution in [3.63, 3.8) is 0 Å². The van der Waals surface area contributed by atoms with Gasteiger partial charge in [-0.2, -0.15) is 0 Å². The van der Waals surface area contributed by atoms with Gasteiger partial charge in [0.1, 0.15) is 6.04 Å². The van der Waals surface area contributed by atoms with Gasteiger partial charge in [0.2, 0.25) is 5.91 Å². The zero-order valence-corrected chi connectivity index (χ0v) is 15.1. The first-order valence-electron chi connectivity index (χ1n) is 9.24. The summed E-state index contributed by atoms with van der Waals surface area (Å²) >= 11 is 0. The fraction of sp³-hybridized carbons (Fsp3) is 0.474. The van der Waals surface area contributed by atoms with Crippen molar-refractivity contribution in [2.45, 2.75) is 31.1 Å². The Morgan fingerprint density at radius 2 is 1.93 bits per heavy atom. The average molecular weight is 372 g/mol. The second-order valence-corrected chi connectivity index (χ2v) is 7.06. The predicted molar refractivity (Wildman–Crippen MR) is 99.0 cm³/mol. The third-order valence-corrected chi connectivity index (χ3v) is 5.36. The zero-order valence-electron chi connectivity index (χ0n) is 15.1. The van der Waals surface area contributed by atoms with Crippen LogP contribution in [0.25, 0.3) is 10.9 Å². The molecule has 2 aliphatic heterocycles. The molecule has 2 saturated heterocycles. The Balaban J connectivity index is 1.48. The summed E-state index contributed by atoms with van der Waals surface area (Å²) in [5, 5.41) is 3.65. The number of para-hydroxylation sites is 1. The van der Waals surface area contributed by atoms with Crippen LogP contribution in [-0.2, 0) is 20.7 Å². The molecule has 1 spiro atoms. The van der Waals surface area contributed by atoms with Gasteiger partial charge in [-0.25, -0.2) is 4.79 Å². The number of H-pyrrole nitrogens is 1. The van der Waals surface area contributed by atoms with E-state index in [1.807, 2.05) is 30.5 Å². The quantitative estimate of drug-likeness (QED) is 0.747. The molecule has 4 N–H and O–H groups in total. The minimum Gasteiger partial charge on any atom is -0.361 e. The maximum absolute atomic E-state index is 13.1. The molecule has 1 atom stereocenters. The van der Waals surface area contributed by atoms with E-state index in [0.29, 0.717) is 45.6 Å². The summed E-state index contributed by atoms with van der Waals surface area (Å²) in [6.07, 6.45) is 3.52. The van der Waals surface area contributed by atoms with Crippen LogP contribution in [-0.4, -0.2) is 60.0 Å². The molecule has 0 radical (unpaired) electrons. The van der Waals surface area contributed by atoms with Crippen molar-refractivity contribution in [1.29, 1.82) is 0 Å². The summed E-state index contributed by atoms with van der Waals surface area (Å²) in [5.74, 6) is -0.674. The van der Waals surface area contributed by atoms with Crippen molar-refractivity contribution in [3.8, 4) is 0 Å². The molecule has 0 unspecified atom stereocenters. The Labute approximate surface area is 157 Å². The topological polar surface area (TPSA) is 110 Å². The summed E-state index contributed by atoms with van der Waals surface area (Å²) in [6.45, 7) is 2.26. The molecule has 1 aromatic carbocycles. The van der Waals surface area contributed by atoms with Crippen LogP contribution < -0.4 is 11.1 Å². The number of carbonyl (C=O) groups is 2. The number of aromatic amines is 1. The summed E-state index contributed by atoms with van der Waals surface area (Å²) < 4.78 is 11.4. The Hall–Kier alpha value is -2.58. The normalized spacial score (nSPS) is 20.1. The molecule has 2 aliphatic rings. The van der Waals surface area contributed by atoms with E-state index in [4.69, 9.17) is 15.2 Å². The number of nitrogens with zero attached hydrogens (tertiary/aromatic N) is 1. The Kier molecular flexibility index (Phi) is 4.75. The lowest BCUT2D eigenvalue weighted by Gasteiger charge is -2.38. The molecular weight excluding hydrogens is 348 g/mol. The number of nitrogens with two attached hydrogens (primary N) is 1. The van der Waals surface area contributed by atoms with E-state index in [-0.39, 0.29) is 5.91 Å². The lowest BCUT2D eigenvalue weighted by atomic mass is 10.00. The molecule has 1 aromatic heterocycles. The molecule has 8 heteroatoms. The monoisotopic (exact) mass is 372 g/mol. The van der Waals surface area contributed by atoms with E-state index >= 15 is 0 Å². The molecule has 3 heterocycles. The minimum atomic E-state index is -0.707. The number of carbonyl (C=O) groups excluding carboxylic acids is 2. The van der Waals surface area contributed by atoms with Gasteiger partial charge >= 0.3 is 6.03 Å². The molecule has 0 bridgehead atoms. The number of hydrogen-bond acceptors (Lipinski definition) is 4. The first kappa shape index (κ1) is 17.8. The lowest BCUT2D eigenvalue weighted by molar-refractivity contribution is -0.187. The van der Waals surface area contributed by atoms with Crippen LogP contribution in [0.2, 0.25) is 0 Å². The molecule has 144 valence electrons. The largest absolute Gasteiger partial charge is 0.361 e. The third kappa shape index (κ3) is 3.63. The highest BCUT2D eigenvalue weighted by molar-refractivity contribution is 5.89. The van der Waals surface area contributed by atoms with Gasteiger partial charge in [0, 0.05) is 49.5 Å². The maximum atomic E-state index is 13.1. The van der Waals surface area contributed by atoms with Gasteiger partial charge in [-0.3, -0.25) is 4.79 Å². The smallest absolute Gasteiger partial charge is 0.312 e. The average Bonchev–Trinajstić information content (AvgIpc) is 3.29. The number of benzene rings is 1. The van der Waals surface area contributed by atoms with Crippen molar-refractivity contribution in [2.75, 3.05) is 26.3 Å². The number of ether oxygens (including phenoxy) is 2. The van der Waals surface area contributed by atoms with Crippen LogP contribution in [0, 0.1) is 0 Å². The summed E-state index contributed by atoms with van der Waals surface area (Å²) in [6, 6.07) is 6.45. The van der Waals surface area contributed by atoms with Gasteiger partial charge in [-0.05, 0) is 11.6 Å². The number of likely N-dealkylation sites (tertiary alicyclic amines) is 1. The minimum absolute atomic E-state index is 0.132. The standard InChI is InChI=1S/C19H24N4O4/c20-18(25)22-16(11-13-12-21-15-4-2-1-3-14(13)15)17(24)23-7-5-19(6-8-23)26-9-10-27-19/h1-4,12,16,21H,5-11H2,(H3,20,22,25)/t16-/m1/s1. The van der Waals surface area contributed by atoms with Crippen LogP contribution in [0.4, 0.5) is 4.79 Å². The SMILES string of the molecule is NC(=O)N[C@H](Cc1c[nH]c2ccccc12)C(=O)N1CCC2(CC1)OCCO2. The summed E-state index contributed by atoms with van der Waals surface area (Å²) in [7, 11) is 0. The van der Waals surface area contributed by atoms with Gasteiger partial charge in [0.05, 0.1) is 13.2 Å². The van der Waals surface area contributed by atoms with Crippen LogP contribution in [0.15, 0.2) is 30.5 Å². The Bertz CT molecular complexity index is 833. The maximum Gasteiger partial charge on any atom is 0.312 e. The van der Waals surface area contributed by atoms with Crippen LogP contribution >= 0.6 is 0 Å². The number of primary amides is 1. The first-order chi connectivity index (χ1) is 13.1. The molecular formula is C19H24N4O4. The molecule has 8 nitrogen and oxygen atoms in total. The number of rotatable bonds is 4. The van der Waals surface area contributed by atoms with Crippen LogP contribution in [0.5, 0.6) is 0 Å². The van der Waals surface area contributed by atoms with Crippen LogP contribution in [0.3, 0.4) is 0 Å². The van der Waals surface area contributed by atoms with E-state index in [1.54, 1.807) is 4.90 Å². The van der Waals surface area contributed by atoms with E-state index in [2.05, 4.69) is 10.3 Å². The van der Waals surface area contributed by atoms with Gasteiger partial charge in [0.25, 0.3) is 0 Å². The van der Waals surface area contributed by atoms with Gasteiger partial charge in [-0.1, -0.05) is 18.2 Å². The van der Waals surface area contributed by atoms with Gasteiger partial charge in [-0.15, -0.1) is 0 Å². The molecule has 3 amide bonds. The number of amides is 3. The lowest BCUT2D eigenvalue weighted by Crippen LogP contribution is -2.55. The second-order valence-electron chi connectivity index (χ2n) is 7.06. The van der Waals surface area contributed by atoms with Gasteiger partial charge < -0.3 is 30.4 Å². The van der Waals surface area contributed by atoms with E-state index < -0.39 is 17.9 Å². The van der Waals surface area contributed by atoms with E-state index in [0.717, 1.165) is 16.5 Å². The van der Waals surface area contributed by atoms with Crippen molar-refractivity contribution >= 4 is 22.8 Å². The number of nitrogens with one attached hydrogen (secondary N) is 2. The zero-order chi connectivity index (χ0) is 18.9. The van der Waals surface area contributed by atoms with Crippen LogP contribution in [0.1, 0.15) is 18.4 Å². The van der Waals surface area contributed by atoms with E-state index in [1.165, 1.54) is 0 Å². The number of fused-ring (bicyclic) bond motifs is 1. The van der Waals surface area contributed by atoms with Crippen molar-refractivity contribution in [3.05, 3.63) is 36.0 Å². The predicted octanol–water partition coefficient (Wildman–Crippen LogP) is 1.11. The van der Waals surface area contributed by atoms with E-state index in [9.17, 15) is 9.59 Å². The Morgan fingerprint density at radius 1 is 1.22 bits per heavy atom. The summed E-state index contributed by atoms with van der Waals surface area (Å²) in [5.41, 5.74) is 7.29. The molecule has 0 aliphatic carbocycles. The van der Waals surface area contributed by atoms with Crippen molar-refractivity contribution < 1.29 is 19.1 Å². The van der Waals surface area contributed by atoms with Crippen molar-refractivity contribution in [2.24, 2.45) is 5.73 Å². The number of urea groups is 1. The highest BCUT2D eigenvalue weighted by atomic mass is 16.7. The molecule has 2 aromatic rings.